The number of hydrogen-bond donors (Lipinski definition) is 1. The van der Waals surface area contributed by atoms with Gasteiger partial charge in [-0.25, -0.2) is 0 Å². The minimum absolute atomic E-state index is 0.641. The van der Waals surface area contributed by atoms with Crippen LogP contribution in [0, 0.1) is 5.92 Å². The Bertz CT molecular complexity index is 313. The van der Waals surface area contributed by atoms with E-state index < -0.39 is 0 Å². The third kappa shape index (κ3) is 2.64. The lowest BCUT2D eigenvalue weighted by molar-refractivity contribution is 0.375. The molecule has 0 aromatic carbocycles. The first-order valence-electron chi connectivity index (χ1n) is 6.55. The van der Waals surface area contributed by atoms with E-state index in [9.17, 15) is 0 Å². The standard InChI is InChI=1S/C13H23N3/c1-3-16-13(8-9-15-16)10-14-11(2)12-6-4-5-7-12/h8-9,11-12,14H,3-7,10H2,1-2H3/t11-/m1/s1. The van der Waals surface area contributed by atoms with Crippen molar-refractivity contribution >= 4 is 0 Å². The summed E-state index contributed by atoms with van der Waals surface area (Å²) in [6, 6.07) is 2.75. The van der Waals surface area contributed by atoms with Gasteiger partial charge in [-0.1, -0.05) is 12.8 Å². The second-order valence-electron chi connectivity index (χ2n) is 4.85. The van der Waals surface area contributed by atoms with E-state index in [0.717, 1.165) is 19.0 Å². The average molecular weight is 221 g/mol. The van der Waals surface area contributed by atoms with Crippen LogP contribution in [0.15, 0.2) is 12.3 Å². The molecule has 1 aliphatic carbocycles. The monoisotopic (exact) mass is 221 g/mol. The zero-order chi connectivity index (χ0) is 11.4. The van der Waals surface area contributed by atoms with E-state index in [-0.39, 0.29) is 0 Å². The lowest BCUT2D eigenvalue weighted by atomic mass is 10.00. The molecule has 1 saturated carbocycles. The van der Waals surface area contributed by atoms with Gasteiger partial charge in [-0.05, 0) is 38.7 Å². The first-order valence-corrected chi connectivity index (χ1v) is 6.55. The largest absolute Gasteiger partial charge is 0.308 e. The van der Waals surface area contributed by atoms with E-state index in [0.29, 0.717) is 6.04 Å². The highest BCUT2D eigenvalue weighted by molar-refractivity contribution is 5.00. The van der Waals surface area contributed by atoms with Crippen molar-refractivity contribution in [2.45, 2.75) is 58.7 Å². The minimum Gasteiger partial charge on any atom is -0.308 e. The van der Waals surface area contributed by atoms with Gasteiger partial charge in [0.2, 0.25) is 0 Å². The van der Waals surface area contributed by atoms with Crippen molar-refractivity contribution in [3.05, 3.63) is 18.0 Å². The minimum atomic E-state index is 0.641. The van der Waals surface area contributed by atoms with E-state index in [4.69, 9.17) is 0 Å². The van der Waals surface area contributed by atoms with Crippen LogP contribution in [0.4, 0.5) is 0 Å². The number of rotatable bonds is 5. The van der Waals surface area contributed by atoms with Crippen LogP contribution >= 0.6 is 0 Å². The first kappa shape index (κ1) is 11.6. The fraction of sp³-hybridized carbons (Fsp3) is 0.769. The number of hydrogen-bond acceptors (Lipinski definition) is 2. The summed E-state index contributed by atoms with van der Waals surface area (Å²) in [5.74, 6) is 0.887. The van der Waals surface area contributed by atoms with Crippen LogP contribution in [0.5, 0.6) is 0 Å². The van der Waals surface area contributed by atoms with Crippen molar-refractivity contribution in [1.82, 2.24) is 15.1 Å². The van der Waals surface area contributed by atoms with Crippen molar-refractivity contribution in [2.75, 3.05) is 0 Å². The van der Waals surface area contributed by atoms with Gasteiger partial charge in [0, 0.05) is 25.3 Å². The van der Waals surface area contributed by atoms with E-state index in [1.165, 1.54) is 31.4 Å². The third-order valence-electron chi connectivity index (χ3n) is 3.82. The molecule has 1 aromatic rings. The molecule has 0 spiro atoms. The molecule has 0 amide bonds. The second-order valence-corrected chi connectivity index (χ2v) is 4.85. The Morgan fingerprint density at radius 2 is 2.25 bits per heavy atom. The van der Waals surface area contributed by atoms with Gasteiger partial charge < -0.3 is 5.32 Å². The van der Waals surface area contributed by atoms with E-state index in [1.54, 1.807) is 0 Å². The van der Waals surface area contributed by atoms with Crippen molar-refractivity contribution in [2.24, 2.45) is 5.92 Å². The molecule has 3 nitrogen and oxygen atoms in total. The van der Waals surface area contributed by atoms with Gasteiger partial charge in [0.25, 0.3) is 0 Å². The maximum atomic E-state index is 4.29. The smallest absolute Gasteiger partial charge is 0.0522 e. The zero-order valence-corrected chi connectivity index (χ0v) is 10.4. The summed E-state index contributed by atoms with van der Waals surface area (Å²) in [6.45, 7) is 6.37. The van der Waals surface area contributed by atoms with Gasteiger partial charge in [-0.2, -0.15) is 5.10 Å². The van der Waals surface area contributed by atoms with Crippen LogP contribution < -0.4 is 5.32 Å². The van der Waals surface area contributed by atoms with Crippen LogP contribution in [0.1, 0.15) is 45.2 Å². The molecular formula is C13H23N3. The first-order chi connectivity index (χ1) is 7.81. The van der Waals surface area contributed by atoms with Gasteiger partial charge in [-0.15, -0.1) is 0 Å². The summed E-state index contributed by atoms with van der Waals surface area (Å²) in [5, 5.41) is 7.93. The maximum absolute atomic E-state index is 4.29. The van der Waals surface area contributed by atoms with Gasteiger partial charge >= 0.3 is 0 Å². The number of nitrogens with one attached hydrogen (secondary N) is 1. The lowest BCUT2D eigenvalue weighted by Gasteiger charge is -2.20. The molecule has 0 saturated heterocycles. The Morgan fingerprint density at radius 3 is 2.94 bits per heavy atom. The van der Waals surface area contributed by atoms with E-state index in [1.807, 2.05) is 6.20 Å². The molecule has 16 heavy (non-hydrogen) atoms. The molecule has 1 fully saturated rings. The molecule has 0 unspecified atom stereocenters. The predicted octanol–water partition coefficient (Wildman–Crippen LogP) is 2.57. The summed E-state index contributed by atoms with van der Waals surface area (Å²) < 4.78 is 2.06. The van der Waals surface area contributed by atoms with Gasteiger partial charge in [0.15, 0.2) is 0 Å². The molecule has 1 aliphatic rings. The fourth-order valence-electron chi connectivity index (χ4n) is 2.68. The summed E-state index contributed by atoms with van der Waals surface area (Å²) in [7, 11) is 0. The molecule has 90 valence electrons. The Morgan fingerprint density at radius 1 is 1.50 bits per heavy atom. The van der Waals surface area contributed by atoms with Gasteiger partial charge in [0.1, 0.15) is 0 Å². The van der Waals surface area contributed by atoms with Crippen LogP contribution in [-0.4, -0.2) is 15.8 Å². The summed E-state index contributed by atoms with van der Waals surface area (Å²) in [4.78, 5) is 0. The Labute approximate surface area is 98.2 Å². The molecule has 0 bridgehead atoms. The highest BCUT2D eigenvalue weighted by Crippen LogP contribution is 2.27. The number of aryl methyl sites for hydroxylation is 1. The summed E-state index contributed by atoms with van der Waals surface area (Å²) >= 11 is 0. The Balaban J connectivity index is 1.82. The van der Waals surface area contributed by atoms with Crippen LogP contribution in [0.2, 0.25) is 0 Å². The molecule has 2 rings (SSSR count). The lowest BCUT2D eigenvalue weighted by Crippen LogP contribution is -2.32. The molecule has 0 radical (unpaired) electrons. The Kier molecular flexibility index (Phi) is 3.99. The normalized spacial score (nSPS) is 19.1. The molecular weight excluding hydrogens is 198 g/mol. The SMILES string of the molecule is CCn1nccc1CN[C@H](C)C1CCCC1. The van der Waals surface area contributed by atoms with E-state index in [2.05, 4.69) is 35.0 Å². The van der Waals surface area contributed by atoms with Crippen LogP contribution in [-0.2, 0) is 13.1 Å². The number of aromatic nitrogens is 2. The van der Waals surface area contributed by atoms with Crippen LogP contribution in [0.3, 0.4) is 0 Å². The predicted molar refractivity (Wildman–Crippen MR) is 66.2 cm³/mol. The third-order valence-corrected chi connectivity index (χ3v) is 3.82. The average Bonchev–Trinajstić information content (AvgIpc) is 2.96. The molecule has 3 heteroatoms. The van der Waals surface area contributed by atoms with Crippen molar-refractivity contribution in [3.63, 3.8) is 0 Å². The molecule has 0 aliphatic heterocycles. The van der Waals surface area contributed by atoms with E-state index >= 15 is 0 Å². The topological polar surface area (TPSA) is 29.9 Å². The molecule has 1 aromatic heterocycles. The van der Waals surface area contributed by atoms with Gasteiger partial charge in [0.05, 0.1) is 5.69 Å². The highest BCUT2D eigenvalue weighted by Gasteiger charge is 2.21. The highest BCUT2D eigenvalue weighted by atomic mass is 15.3. The molecule has 1 atom stereocenters. The summed E-state index contributed by atoms with van der Waals surface area (Å²) in [6.07, 6.45) is 7.54. The Hall–Kier alpha value is -0.830. The van der Waals surface area contributed by atoms with Crippen molar-refractivity contribution < 1.29 is 0 Å². The molecule has 1 N–H and O–H groups in total. The molecule has 1 heterocycles. The van der Waals surface area contributed by atoms with Gasteiger partial charge in [-0.3, -0.25) is 4.68 Å². The second kappa shape index (κ2) is 5.48. The number of nitrogens with zero attached hydrogens (tertiary/aromatic N) is 2. The quantitative estimate of drug-likeness (QED) is 0.828. The zero-order valence-electron chi connectivity index (χ0n) is 10.4. The fourth-order valence-corrected chi connectivity index (χ4v) is 2.68. The summed E-state index contributed by atoms with van der Waals surface area (Å²) in [5.41, 5.74) is 1.30. The maximum Gasteiger partial charge on any atom is 0.0522 e. The van der Waals surface area contributed by atoms with Crippen molar-refractivity contribution in [1.29, 1.82) is 0 Å². The van der Waals surface area contributed by atoms with Crippen LogP contribution in [0.25, 0.3) is 0 Å². The van der Waals surface area contributed by atoms with Crippen molar-refractivity contribution in [3.8, 4) is 0 Å².